The molecule has 0 aliphatic heterocycles. The van der Waals surface area contributed by atoms with E-state index in [2.05, 4.69) is 31.2 Å². The van der Waals surface area contributed by atoms with Crippen molar-refractivity contribution >= 4 is 43.4 Å². The largest absolute Gasteiger partial charge is 0.390 e. The van der Waals surface area contributed by atoms with Crippen molar-refractivity contribution in [3.8, 4) is 11.3 Å². The van der Waals surface area contributed by atoms with Gasteiger partial charge in [0.15, 0.2) is 4.90 Å². The number of carbonyl (C=O) groups excluding carboxylic acids is 1. The Balaban J connectivity index is 1.38. The number of benzene rings is 3. The van der Waals surface area contributed by atoms with Crippen molar-refractivity contribution in [1.82, 2.24) is 19.6 Å². The average molecular weight is 764 g/mol. The van der Waals surface area contributed by atoms with Crippen LogP contribution in [0, 0.1) is 21.7 Å². The first-order chi connectivity index (χ1) is 23.2. The third-order valence-corrected chi connectivity index (χ3v) is 10.9. The van der Waals surface area contributed by atoms with Gasteiger partial charge in [0.05, 0.1) is 32.8 Å². The molecular weight excluding hydrogens is 733 g/mol. The summed E-state index contributed by atoms with van der Waals surface area (Å²) in [7, 11) is -3.55. The maximum Gasteiger partial charge on any atom is 0.289 e. The summed E-state index contributed by atoms with van der Waals surface area (Å²) in [5.41, 5.74) is 5.57. The number of sulfonamides is 1. The van der Waals surface area contributed by atoms with Crippen LogP contribution in [0.4, 0.5) is 24.7 Å². The van der Waals surface area contributed by atoms with Crippen molar-refractivity contribution in [2.75, 3.05) is 19.3 Å². The molecule has 3 aromatic carbocycles. The normalized spacial score (nSPS) is 18.6. The lowest BCUT2D eigenvalue weighted by Gasteiger charge is -2.28. The first-order valence-electron chi connectivity index (χ1n) is 14.9. The molecule has 1 aromatic heterocycles. The van der Waals surface area contributed by atoms with Gasteiger partial charge in [-0.1, -0.05) is 30.3 Å². The number of hydrogen-bond donors (Lipinski definition) is 3. The smallest absolute Gasteiger partial charge is 0.289 e. The number of para-hydroxylation sites is 1. The summed E-state index contributed by atoms with van der Waals surface area (Å²) < 4.78 is 72.7. The van der Waals surface area contributed by atoms with Crippen molar-refractivity contribution in [1.29, 1.82) is 0 Å². The first-order valence-corrected chi connectivity index (χ1v) is 17.1. The van der Waals surface area contributed by atoms with Crippen LogP contribution in [0.5, 0.6) is 0 Å². The summed E-state index contributed by atoms with van der Waals surface area (Å²) in [6.45, 7) is -0.554. The van der Waals surface area contributed by atoms with Gasteiger partial charge in [0.1, 0.15) is 29.3 Å². The summed E-state index contributed by atoms with van der Waals surface area (Å²) in [5, 5.41) is 23.7. The molecule has 12 nitrogen and oxygen atoms in total. The second-order valence-electron chi connectivity index (χ2n) is 11.4. The number of halogens is 4. The Morgan fingerprint density at radius 2 is 1.92 bits per heavy atom. The van der Waals surface area contributed by atoms with Crippen LogP contribution in [0.3, 0.4) is 0 Å². The molecule has 1 fully saturated rings. The number of aromatic nitrogens is 2. The third-order valence-electron chi connectivity index (χ3n) is 8.42. The SMILES string of the molecule is CN([C@H](CNC(=O)c1ccc(-c2ncc([C@H]3CC[C@H](O)[C@@H](F)C3)nc2N)cc1F)c1cccc(Br)c1F)S(=O)(=O)c1ccccc1[N+](=O)[O-]. The molecule has 5 rings (SSSR count). The molecule has 1 aliphatic carbocycles. The number of carbonyl (C=O) groups is 1. The molecule has 1 aliphatic rings. The van der Waals surface area contributed by atoms with Crippen LogP contribution in [0.2, 0.25) is 0 Å². The number of aliphatic hydroxyl groups is 1. The van der Waals surface area contributed by atoms with Crippen LogP contribution in [-0.2, 0) is 10.0 Å². The van der Waals surface area contributed by atoms with E-state index in [1.54, 1.807) is 0 Å². The van der Waals surface area contributed by atoms with Crippen molar-refractivity contribution in [3.63, 3.8) is 0 Å². The molecule has 0 saturated heterocycles. The van der Waals surface area contributed by atoms with Crippen LogP contribution in [0.25, 0.3) is 11.3 Å². The van der Waals surface area contributed by atoms with E-state index in [0.29, 0.717) is 16.4 Å². The van der Waals surface area contributed by atoms with E-state index >= 15 is 8.78 Å². The van der Waals surface area contributed by atoms with E-state index in [0.717, 1.165) is 31.3 Å². The standard InChI is InChI=1S/C32H30BrF3N6O6S/c1-41(49(47,48)28-8-3-2-7-25(28)42(45)46)26(20-5-4-6-21(33)29(20)36)16-39-32(44)19-11-9-18(14-22(19)34)30-31(37)40-24(15-38-30)17-10-12-27(43)23(35)13-17/h2-9,11,14-15,17,23,26-27,43H,10,12-13,16H2,1H3,(H2,37,40)(H,39,44)/t17-,23-,26+,27-/m0/s1. The quantitative estimate of drug-likeness (QED) is 0.140. The Kier molecular flexibility index (Phi) is 10.7. The number of nitro benzene ring substituents is 1. The molecule has 0 radical (unpaired) electrons. The molecule has 0 unspecified atom stereocenters. The maximum absolute atomic E-state index is 15.4. The Morgan fingerprint density at radius 3 is 2.59 bits per heavy atom. The average Bonchev–Trinajstić information content (AvgIpc) is 3.07. The van der Waals surface area contributed by atoms with Gasteiger partial charge < -0.3 is 16.2 Å². The van der Waals surface area contributed by atoms with Crippen LogP contribution >= 0.6 is 15.9 Å². The number of hydrogen-bond acceptors (Lipinski definition) is 9. The number of rotatable bonds is 10. The van der Waals surface area contributed by atoms with Crippen LogP contribution in [-0.4, -0.2) is 64.5 Å². The fraction of sp³-hybridized carbons (Fsp3) is 0.281. The highest BCUT2D eigenvalue weighted by molar-refractivity contribution is 9.10. The van der Waals surface area contributed by atoms with E-state index in [1.165, 1.54) is 42.6 Å². The number of anilines is 1. The summed E-state index contributed by atoms with van der Waals surface area (Å²) in [4.78, 5) is 31.9. The topological polar surface area (TPSA) is 182 Å². The summed E-state index contributed by atoms with van der Waals surface area (Å²) >= 11 is 3.06. The first kappa shape index (κ1) is 35.8. The van der Waals surface area contributed by atoms with E-state index in [9.17, 15) is 32.8 Å². The van der Waals surface area contributed by atoms with Gasteiger partial charge in [0.2, 0.25) is 10.0 Å². The lowest BCUT2D eigenvalue weighted by atomic mass is 9.84. The molecule has 1 saturated carbocycles. The number of nitrogens with one attached hydrogen (secondary N) is 1. The van der Waals surface area contributed by atoms with E-state index in [-0.39, 0.29) is 45.9 Å². The van der Waals surface area contributed by atoms with Crippen LogP contribution in [0.1, 0.15) is 52.8 Å². The van der Waals surface area contributed by atoms with Crippen molar-refractivity contribution in [3.05, 3.63) is 110 Å². The molecule has 4 N–H and O–H groups in total. The highest BCUT2D eigenvalue weighted by Gasteiger charge is 2.36. The monoisotopic (exact) mass is 762 g/mol. The molecule has 1 heterocycles. The number of nitro groups is 1. The molecule has 49 heavy (non-hydrogen) atoms. The van der Waals surface area contributed by atoms with Crippen LogP contribution < -0.4 is 11.1 Å². The molecule has 258 valence electrons. The van der Waals surface area contributed by atoms with Gasteiger partial charge >= 0.3 is 0 Å². The highest BCUT2D eigenvalue weighted by Crippen LogP contribution is 2.36. The number of aliphatic hydroxyl groups excluding tert-OH is 1. The maximum atomic E-state index is 15.4. The number of alkyl halides is 1. The number of nitrogens with zero attached hydrogens (tertiary/aromatic N) is 4. The van der Waals surface area contributed by atoms with Gasteiger partial charge in [0, 0.05) is 42.9 Å². The number of nitrogen functional groups attached to an aromatic ring is 1. The molecule has 4 aromatic rings. The summed E-state index contributed by atoms with van der Waals surface area (Å²) in [5.74, 6) is -3.12. The van der Waals surface area contributed by atoms with Crippen molar-refractivity contribution in [2.45, 2.75) is 48.4 Å². The van der Waals surface area contributed by atoms with Gasteiger partial charge in [-0.2, -0.15) is 4.31 Å². The van der Waals surface area contributed by atoms with Gasteiger partial charge in [0.25, 0.3) is 11.6 Å². The second kappa shape index (κ2) is 14.6. The second-order valence-corrected chi connectivity index (χ2v) is 14.3. The zero-order chi connectivity index (χ0) is 35.6. The minimum Gasteiger partial charge on any atom is -0.390 e. The highest BCUT2D eigenvalue weighted by atomic mass is 79.9. The molecular formula is C32H30BrF3N6O6S. The summed E-state index contributed by atoms with van der Waals surface area (Å²) in [6, 6.07) is 10.9. The zero-order valence-electron chi connectivity index (χ0n) is 25.8. The van der Waals surface area contributed by atoms with E-state index in [1.807, 2.05) is 0 Å². The third kappa shape index (κ3) is 7.44. The molecule has 1 amide bonds. The Hall–Kier alpha value is -4.45. The van der Waals surface area contributed by atoms with Gasteiger partial charge in [-0.15, -0.1) is 0 Å². The van der Waals surface area contributed by atoms with Crippen LogP contribution in [0.15, 0.2) is 76.2 Å². The minimum absolute atomic E-state index is 0.000924. The number of amides is 1. The minimum atomic E-state index is -4.64. The van der Waals surface area contributed by atoms with Gasteiger partial charge in [-0.25, -0.2) is 26.6 Å². The lowest BCUT2D eigenvalue weighted by Crippen LogP contribution is -2.40. The lowest BCUT2D eigenvalue weighted by molar-refractivity contribution is -0.387. The van der Waals surface area contributed by atoms with Crippen molar-refractivity contribution in [2.24, 2.45) is 0 Å². The Bertz CT molecular complexity index is 2020. The molecule has 4 atom stereocenters. The van der Waals surface area contributed by atoms with Gasteiger partial charge in [-0.3, -0.25) is 19.9 Å². The number of likely N-dealkylation sites (N-methyl/N-ethyl adjacent to an activating group) is 1. The fourth-order valence-corrected chi connectivity index (χ4v) is 7.57. The summed E-state index contributed by atoms with van der Waals surface area (Å²) in [6.07, 6.45) is -0.182. The predicted molar refractivity (Wildman–Crippen MR) is 177 cm³/mol. The van der Waals surface area contributed by atoms with E-state index < -0.39 is 73.5 Å². The fourth-order valence-electron chi connectivity index (χ4n) is 5.70. The molecule has 0 spiro atoms. The van der Waals surface area contributed by atoms with E-state index in [4.69, 9.17) is 5.73 Å². The number of nitrogens with two attached hydrogens (primary N) is 1. The molecule has 17 heteroatoms. The zero-order valence-corrected chi connectivity index (χ0v) is 28.2. The predicted octanol–water partition coefficient (Wildman–Crippen LogP) is 5.43. The Labute approximate surface area is 287 Å². The van der Waals surface area contributed by atoms with Gasteiger partial charge in [-0.05, 0) is 59.5 Å². The molecule has 0 bridgehead atoms. The Morgan fingerprint density at radius 1 is 1.18 bits per heavy atom. The van der Waals surface area contributed by atoms with Crippen molar-refractivity contribution < 1.29 is 36.4 Å².